The molecule has 128 valence electrons. The smallest absolute Gasteiger partial charge is 0.303 e. The van der Waals surface area contributed by atoms with Crippen molar-refractivity contribution >= 4 is 17.8 Å². The third kappa shape index (κ3) is 11.1. The van der Waals surface area contributed by atoms with Gasteiger partial charge < -0.3 is 15.7 Å². The van der Waals surface area contributed by atoms with Crippen LogP contribution in [-0.2, 0) is 14.4 Å². The first-order valence-corrected chi connectivity index (χ1v) is 8.18. The molecule has 0 aliphatic heterocycles. The second-order valence-electron chi connectivity index (χ2n) is 5.88. The Morgan fingerprint density at radius 2 is 1.59 bits per heavy atom. The Labute approximate surface area is 133 Å². The maximum Gasteiger partial charge on any atom is 0.303 e. The largest absolute Gasteiger partial charge is 0.481 e. The summed E-state index contributed by atoms with van der Waals surface area (Å²) in [5, 5.41) is 14.1. The molecule has 0 radical (unpaired) electrons. The Morgan fingerprint density at radius 1 is 0.955 bits per heavy atom. The lowest BCUT2D eigenvalue weighted by Gasteiger charge is -2.19. The number of hydrogen-bond acceptors (Lipinski definition) is 3. The minimum Gasteiger partial charge on any atom is -0.481 e. The Morgan fingerprint density at radius 3 is 2.14 bits per heavy atom. The fourth-order valence-corrected chi connectivity index (χ4v) is 2.08. The van der Waals surface area contributed by atoms with E-state index in [2.05, 4.69) is 17.6 Å². The first-order chi connectivity index (χ1) is 10.4. The van der Waals surface area contributed by atoms with E-state index in [1.54, 1.807) is 0 Å². The topological polar surface area (TPSA) is 95.5 Å². The summed E-state index contributed by atoms with van der Waals surface area (Å²) in [5.41, 5.74) is 0. The monoisotopic (exact) mass is 314 g/mol. The number of carboxylic acids is 1. The molecule has 0 heterocycles. The molecule has 0 spiro atoms. The Bertz CT molecular complexity index is 356. The molecule has 6 heteroatoms. The van der Waals surface area contributed by atoms with E-state index in [4.69, 9.17) is 5.11 Å². The molecular formula is C16H30N2O4. The van der Waals surface area contributed by atoms with Gasteiger partial charge in [0, 0.05) is 18.9 Å². The van der Waals surface area contributed by atoms with Crippen LogP contribution in [-0.4, -0.2) is 35.0 Å². The number of aliphatic carboxylic acids is 1. The van der Waals surface area contributed by atoms with Crippen LogP contribution in [0.4, 0.5) is 0 Å². The molecule has 3 N–H and O–H groups in total. The number of carbonyl (C=O) groups excluding carboxylic acids is 2. The maximum atomic E-state index is 12.0. The normalized spacial score (nSPS) is 12.0. The van der Waals surface area contributed by atoms with Crippen LogP contribution in [0.5, 0.6) is 0 Å². The van der Waals surface area contributed by atoms with E-state index < -0.39 is 12.0 Å². The predicted octanol–water partition coefficient (Wildman–Crippen LogP) is 2.22. The van der Waals surface area contributed by atoms with Gasteiger partial charge >= 0.3 is 5.97 Å². The van der Waals surface area contributed by atoms with Gasteiger partial charge in [-0.2, -0.15) is 0 Å². The number of carbonyl (C=O) groups is 3. The zero-order chi connectivity index (χ0) is 17.0. The van der Waals surface area contributed by atoms with Crippen molar-refractivity contribution < 1.29 is 19.5 Å². The van der Waals surface area contributed by atoms with Gasteiger partial charge in [-0.3, -0.25) is 14.4 Å². The van der Waals surface area contributed by atoms with Gasteiger partial charge in [-0.05, 0) is 26.7 Å². The van der Waals surface area contributed by atoms with Gasteiger partial charge in [0.05, 0.1) is 0 Å². The maximum absolute atomic E-state index is 12.0. The summed E-state index contributed by atoms with van der Waals surface area (Å²) in [5.74, 6) is -1.49. The lowest BCUT2D eigenvalue weighted by atomic mass is 10.1. The molecule has 0 aliphatic carbocycles. The summed E-state index contributed by atoms with van der Waals surface area (Å²) < 4.78 is 0. The summed E-state index contributed by atoms with van der Waals surface area (Å²) in [6.07, 6.45) is 5.56. The Hall–Kier alpha value is -1.59. The van der Waals surface area contributed by atoms with Crippen molar-refractivity contribution in [2.24, 2.45) is 0 Å². The van der Waals surface area contributed by atoms with Crippen molar-refractivity contribution in [1.82, 2.24) is 10.6 Å². The summed E-state index contributed by atoms with van der Waals surface area (Å²) in [6.45, 7) is 5.77. The SMILES string of the molecule is CCCCCCCC(=O)NC(CCC(=O)O)C(=O)NC(C)C. The van der Waals surface area contributed by atoms with Gasteiger partial charge in [-0.25, -0.2) is 0 Å². The molecule has 0 aliphatic rings. The van der Waals surface area contributed by atoms with Crippen molar-refractivity contribution in [3.8, 4) is 0 Å². The fraction of sp³-hybridized carbons (Fsp3) is 0.812. The van der Waals surface area contributed by atoms with Crippen LogP contribution in [0.3, 0.4) is 0 Å². The van der Waals surface area contributed by atoms with Gasteiger partial charge in [0.15, 0.2) is 0 Å². The molecule has 0 bridgehead atoms. The van der Waals surface area contributed by atoms with Crippen LogP contribution in [0.2, 0.25) is 0 Å². The molecule has 22 heavy (non-hydrogen) atoms. The number of carboxylic acid groups (broad SMARTS) is 1. The third-order valence-electron chi connectivity index (χ3n) is 3.24. The molecule has 1 atom stereocenters. The van der Waals surface area contributed by atoms with Gasteiger partial charge in [0.25, 0.3) is 0 Å². The van der Waals surface area contributed by atoms with Crippen LogP contribution in [0.1, 0.15) is 72.1 Å². The molecule has 0 saturated carbocycles. The highest BCUT2D eigenvalue weighted by Gasteiger charge is 2.21. The standard InChI is InChI=1S/C16H30N2O4/c1-4-5-6-7-8-9-14(19)18-13(10-11-15(20)21)16(22)17-12(2)3/h12-13H,4-11H2,1-3H3,(H,17,22)(H,18,19)(H,20,21). The molecule has 0 aromatic rings. The summed E-state index contributed by atoms with van der Waals surface area (Å²) in [7, 11) is 0. The summed E-state index contributed by atoms with van der Waals surface area (Å²) in [4.78, 5) is 34.5. The van der Waals surface area contributed by atoms with Crippen molar-refractivity contribution in [2.45, 2.75) is 84.2 Å². The Balaban J connectivity index is 4.27. The van der Waals surface area contributed by atoms with Gasteiger partial charge in [0.1, 0.15) is 6.04 Å². The van der Waals surface area contributed by atoms with Gasteiger partial charge in [0.2, 0.25) is 11.8 Å². The first kappa shape index (κ1) is 20.4. The lowest BCUT2D eigenvalue weighted by Crippen LogP contribution is -2.48. The average molecular weight is 314 g/mol. The first-order valence-electron chi connectivity index (χ1n) is 8.18. The van der Waals surface area contributed by atoms with Crippen LogP contribution >= 0.6 is 0 Å². The van der Waals surface area contributed by atoms with Crippen molar-refractivity contribution in [3.63, 3.8) is 0 Å². The molecule has 6 nitrogen and oxygen atoms in total. The number of hydrogen-bond donors (Lipinski definition) is 3. The van der Waals surface area contributed by atoms with Crippen molar-refractivity contribution in [2.75, 3.05) is 0 Å². The van der Waals surface area contributed by atoms with Crippen LogP contribution < -0.4 is 10.6 Å². The van der Waals surface area contributed by atoms with E-state index in [9.17, 15) is 14.4 Å². The van der Waals surface area contributed by atoms with Crippen LogP contribution in [0, 0.1) is 0 Å². The summed E-state index contributed by atoms with van der Waals surface area (Å²) in [6, 6.07) is -0.826. The van der Waals surface area contributed by atoms with E-state index in [1.807, 2.05) is 13.8 Å². The van der Waals surface area contributed by atoms with E-state index in [-0.39, 0.29) is 30.7 Å². The van der Waals surface area contributed by atoms with Crippen LogP contribution in [0.15, 0.2) is 0 Å². The second kappa shape index (κ2) is 12.0. The lowest BCUT2D eigenvalue weighted by molar-refractivity contribution is -0.138. The average Bonchev–Trinajstić information content (AvgIpc) is 2.42. The van der Waals surface area contributed by atoms with Gasteiger partial charge in [-0.15, -0.1) is 0 Å². The van der Waals surface area contributed by atoms with E-state index >= 15 is 0 Å². The number of nitrogens with one attached hydrogen (secondary N) is 2. The van der Waals surface area contributed by atoms with Crippen molar-refractivity contribution in [1.29, 1.82) is 0 Å². The molecule has 1 unspecified atom stereocenters. The van der Waals surface area contributed by atoms with E-state index in [0.29, 0.717) is 6.42 Å². The highest BCUT2D eigenvalue weighted by atomic mass is 16.4. The number of unbranched alkanes of at least 4 members (excludes halogenated alkanes) is 4. The zero-order valence-electron chi connectivity index (χ0n) is 14.0. The molecule has 2 amide bonds. The highest BCUT2D eigenvalue weighted by Crippen LogP contribution is 2.06. The predicted molar refractivity (Wildman–Crippen MR) is 85.5 cm³/mol. The minimum absolute atomic E-state index is 0.0502. The molecular weight excluding hydrogens is 284 g/mol. The molecule has 0 rings (SSSR count). The van der Waals surface area contributed by atoms with Gasteiger partial charge in [-0.1, -0.05) is 32.6 Å². The van der Waals surface area contributed by atoms with Crippen LogP contribution in [0.25, 0.3) is 0 Å². The molecule has 0 saturated heterocycles. The number of rotatable bonds is 12. The van der Waals surface area contributed by atoms with E-state index in [0.717, 1.165) is 25.7 Å². The number of amides is 2. The third-order valence-corrected chi connectivity index (χ3v) is 3.24. The van der Waals surface area contributed by atoms with E-state index in [1.165, 1.54) is 6.42 Å². The quantitative estimate of drug-likeness (QED) is 0.481. The molecule has 0 fully saturated rings. The summed E-state index contributed by atoms with van der Waals surface area (Å²) >= 11 is 0. The Kier molecular flexibility index (Phi) is 11.1. The molecule has 0 aromatic heterocycles. The molecule has 0 aromatic carbocycles. The second-order valence-corrected chi connectivity index (χ2v) is 5.88. The highest BCUT2D eigenvalue weighted by molar-refractivity contribution is 5.88. The zero-order valence-corrected chi connectivity index (χ0v) is 14.0. The minimum atomic E-state index is -0.976. The van der Waals surface area contributed by atoms with Crippen molar-refractivity contribution in [3.05, 3.63) is 0 Å². The fourth-order valence-electron chi connectivity index (χ4n) is 2.08.